The van der Waals surface area contributed by atoms with E-state index in [0.717, 1.165) is 43.9 Å². The molecule has 0 bridgehead atoms. The zero-order chi connectivity index (χ0) is 17.6. The number of benzene rings is 1. The summed E-state index contributed by atoms with van der Waals surface area (Å²) in [7, 11) is 4.01. The van der Waals surface area contributed by atoms with Gasteiger partial charge in [-0.3, -0.25) is 14.7 Å². The maximum absolute atomic E-state index is 12.7. The summed E-state index contributed by atoms with van der Waals surface area (Å²) < 4.78 is 0. The summed E-state index contributed by atoms with van der Waals surface area (Å²) in [5.41, 5.74) is 3.04. The van der Waals surface area contributed by atoms with Crippen LogP contribution in [0.3, 0.4) is 0 Å². The first-order valence-electron chi connectivity index (χ1n) is 8.76. The molecule has 1 aromatic heterocycles. The zero-order valence-corrected chi connectivity index (χ0v) is 15.1. The average Bonchev–Trinajstić information content (AvgIpc) is 2.64. The molecule has 5 nitrogen and oxygen atoms in total. The Labute approximate surface area is 149 Å². The summed E-state index contributed by atoms with van der Waals surface area (Å²) in [4.78, 5) is 23.3. The molecule has 0 saturated carbocycles. The Bertz CT molecular complexity index is 696. The van der Waals surface area contributed by atoms with Crippen molar-refractivity contribution in [1.29, 1.82) is 0 Å². The normalized spacial score (nSPS) is 15.9. The van der Waals surface area contributed by atoms with Gasteiger partial charge in [0.1, 0.15) is 0 Å². The summed E-state index contributed by atoms with van der Waals surface area (Å²) in [5, 5.41) is 0. The number of piperazine rings is 1. The summed E-state index contributed by atoms with van der Waals surface area (Å²) in [5.74, 6) is 0.0528. The Morgan fingerprint density at radius 2 is 1.80 bits per heavy atom. The van der Waals surface area contributed by atoms with E-state index >= 15 is 0 Å². The van der Waals surface area contributed by atoms with Gasteiger partial charge in [-0.05, 0) is 42.4 Å². The maximum Gasteiger partial charge on any atom is 0.253 e. The quantitative estimate of drug-likeness (QED) is 0.837. The molecular weight excluding hydrogens is 312 g/mol. The second kappa shape index (κ2) is 8.23. The van der Waals surface area contributed by atoms with Gasteiger partial charge in [0.15, 0.2) is 0 Å². The van der Waals surface area contributed by atoms with Crippen LogP contribution < -0.4 is 0 Å². The van der Waals surface area contributed by atoms with Crippen LogP contribution in [0.5, 0.6) is 0 Å². The number of carbonyl (C=O) groups excluding carboxylic acids is 1. The minimum absolute atomic E-state index is 0.0528. The second-order valence-corrected chi connectivity index (χ2v) is 6.80. The molecule has 0 radical (unpaired) electrons. The Hall–Kier alpha value is -2.24. The van der Waals surface area contributed by atoms with Gasteiger partial charge in [0.25, 0.3) is 5.91 Å². The minimum Gasteiger partial charge on any atom is -0.337 e. The largest absolute Gasteiger partial charge is 0.337 e. The van der Waals surface area contributed by atoms with Crippen molar-refractivity contribution in [3.8, 4) is 0 Å². The van der Waals surface area contributed by atoms with Crippen LogP contribution in [0.2, 0.25) is 0 Å². The van der Waals surface area contributed by atoms with Gasteiger partial charge in [-0.15, -0.1) is 0 Å². The highest BCUT2D eigenvalue weighted by Crippen LogP contribution is 2.13. The molecular formula is C20H26N4O. The van der Waals surface area contributed by atoms with E-state index < -0.39 is 0 Å². The number of nitrogens with zero attached hydrogens (tertiary/aromatic N) is 4. The number of amides is 1. The first-order chi connectivity index (χ1) is 12.1. The smallest absolute Gasteiger partial charge is 0.253 e. The van der Waals surface area contributed by atoms with Crippen molar-refractivity contribution in [3.05, 3.63) is 65.5 Å². The number of carbonyl (C=O) groups is 1. The topological polar surface area (TPSA) is 39.7 Å². The SMILES string of the molecule is CN1CCN(Cc2cccc(C(=O)N(C)Cc3ccncc3)c2)CC1. The molecule has 132 valence electrons. The van der Waals surface area contributed by atoms with E-state index in [0.29, 0.717) is 6.54 Å². The standard InChI is InChI=1S/C20H26N4O/c1-22-10-12-24(13-11-22)16-18-4-3-5-19(14-18)20(25)23(2)15-17-6-8-21-9-7-17/h3-9,14H,10-13,15-16H2,1-2H3. The van der Waals surface area contributed by atoms with Crippen molar-refractivity contribution in [2.45, 2.75) is 13.1 Å². The highest BCUT2D eigenvalue weighted by molar-refractivity contribution is 5.94. The number of aromatic nitrogens is 1. The molecule has 3 rings (SSSR count). The second-order valence-electron chi connectivity index (χ2n) is 6.80. The molecule has 1 aliphatic rings. The number of rotatable bonds is 5. The molecule has 1 aliphatic heterocycles. The van der Waals surface area contributed by atoms with E-state index in [9.17, 15) is 4.79 Å². The van der Waals surface area contributed by atoms with Crippen molar-refractivity contribution in [2.24, 2.45) is 0 Å². The lowest BCUT2D eigenvalue weighted by molar-refractivity contribution is 0.0784. The summed E-state index contributed by atoms with van der Waals surface area (Å²) in [6.07, 6.45) is 3.51. The van der Waals surface area contributed by atoms with Crippen LogP contribution in [-0.4, -0.2) is 65.9 Å². The fourth-order valence-electron chi connectivity index (χ4n) is 3.12. The van der Waals surface area contributed by atoms with E-state index in [1.807, 2.05) is 37.4 Å². The van der Waals surface area contributed by atoms with Crippen LogP contribution in [0.1, 0.15) is 21.5 Å². The summed E-state index contributed by atoms with van der Waals surface area (Å²) in [6.45, 7) is 5.86. The van der Waals surface area contributed by atoms with Gasteiger partial charge in [-0.2, -0.15) is 0 Å². The van der Waals surface area contributed by atoms with E-state index in [1.54, 1.807) is 17.3 Å². The maximum atomic E-state index is 12.7. The average molecular weight is 338 g/mol. The Morgan fingerprint density at radius 3 is 2.52 bits per heavy atom. The van der Waals surface area contributed by atoms with E-state index in [1.165, 1.54) is 5.56 Å². The van der Waals surface area contributed by atoms with Gasteiger partial charge >= 0.3 is 0 Å². The van der Waals surface area contributed by atoms with E-state index in [4.69, 9.17) is 0 Å². The van der Waals surface area contributed by atoms with Gasteiger partial charge < -0.3 is 9.80 Å². The third-order valence-electron chi connectivity index (χ3n) is 4.69. The number of hydrogen-bond acceptors (Lipinski definition) is 4. The molecule has 5 heteroatoms. The van der Waals surface area contributed by atoms with Crippen LogP contribution >= 0.6 is 0 Å². The van der Waals surface area contributed by atoms with Crippen LogP contribution in [0.4, 0.5) is 0 Å². The monoisotopic (exact) mass is 338 g/mol. The Balaban J connectivity index is 1.63. The molecule has 1 saturated heterocycles. The van der Waals surface area contributed by atoms with E-state index in [-0.39, 0.29) is 5.91 Å². The van der Waals surface area contributed by atoms with Crippen molar-refractivity contribution in [3.63, 3.8) is 0 Å². The van der Waals surface area contributed by atoms with Gasteiger partial charge in [0, 0.05) is 64.3 Å². The first kappa shape index (κ1) is 17.6. The lowest BCUT2D eigenvalue weighted by atomic mass is 10.1. The van der Waals surface area contributed by atoms with Gasteiger partial charge in [0.2, 0.25) is 0 Å². The van der Waals surface area contributed by atoms with E-state index in [2.05, 4.69) is 27.9 Å². The third kappa shape index (κ3) is 4.87. The number of hydrogen-bond donors (Lipinski definition) is 0. The molecule has 0 N–H and O–H groups in total. The molecule has 1 amide bonds. The van der Waals surface area contributed by atoms with Gasteiger partial charge in [-0.1, -0.05) is 12.1 Å². The highest BCUT2D eigenvalue weighted by atomic mass is 16.2. The van der Waals surface area contributed by atoms with Crippen molar-refractivity contribution in [1.82, 2.24) is 19.7 Å². The zero-order valence-electron chi connectivity index (χ0n) is 15.1. The molecule has 0 unspecified atom stereocenters. The molecule has 2 aromatic rings. The predicted molar refractivity (Wildman–Crippen MR) is 99.3 cm³/mol. The molecule has 25 heavy (non-hydrogen) atoms. The highest BCUT2D eigenvalue weighted by Gasteiger charge is 2.16. The Kier molecular flexibility index (Phi) is 5.79. The first-order valence-corrected chi connectivity index (χ1v) is 8.76. The lowest BCUT2D eigenvalue weighted by Gasteiger charge is -2.32. The van der Waals surface area contributed by atoms with Crippen LogP contribution in [-0.2, 0) is 13.1 Å². The van der Waals surface area contributed by atoms with Crippen molar-refractivity contribution >= 4 is 5.91 Å². The lowest BCUT2D eigenvalue weighted by Crippen LogP contribution is -2.43. The van der Waals surface area contributed by atoms with Crippen molar-refractivity contribution in [2.75, 3.05) is 40.3 Å². The molecule has 1 aromatic carbocycles. The third-order valence-corrected chi connectivity index (χ3v) is 4.69. The van der Waals surface area contributed by atoms with Crippen molar-refractivity contribution < 1.29 is 4.79 Å². The van der Waals surface area contributed by atoms with Gasteiger partial charge in [-0.25, -0.2) is 0 Å². The van der Waals surface area contributed by atoms with Crippen LogP contribution in [0, 0.1) is 0 Å². The minimum atomic E-state index is 0.0528. The summed E-state index contributed by atoms with van der Waals surface area (Å²) >= 11 is 0. The van der Waals surface area contributed by atoms with Gasteiger partial charge in [0.05, 0.1) is 0 Å². The fourth-order valence-corrected chi connectivity index (χ4v) is 3.12. The molecule has 0 aliphatic carbocycles. The van der Waals surface area contributed by atoms with Crippen LogP contribution in [0.25, 0.3) is 0 Å². The number of pyridine rings is 1. The predicted octanol–water partition coefficient (Wildman–Crippen LogP) is 2.10. The fraction of sp³-hybridized carbons (Fsp3) is 0.400. The molecule has 0 atom stereocenters. The molecule has 1 fully saturated rings. The van der Waals surface area contributed by atoms with Crippen LogP contribution in [0.15, 0.2) is 48.8 Å². The molecule has 0 spiro atoms. The summed E-state index contributed by atoms with van der Waals surface area (Å²) in [6, 6.07) is 11.9. The molecule has 2 heterocycles. The Morgan fingerprint density at radius 1 is 1.08 bits per heavy atom. The number of likely N-dealkylation sites (N-methyl/N-ethyl adjacent to an activating group) is 1.